The molecular formula is C17H24OS. The van der Waals surface area contributed by atoms with E-state index >= 15 is 0 Å². The van der Waals surface area contributed by atoms with E-state index in [1.54, 1.807) is 0 Å². The largest absolute Gasteiger partial charge is 0.450 e. The van der Waals surface area contributed by atoms with Gasteiger partial charge in [-0.15, -0.1) is 10.3 Å². The summed E-state index contributed by atoms with van der Waals surface area (Å²) in [4.78, 5) is 0. The third kappa shape index (κ3) is 3.24. The predicted octanol–water partition coefficient (Wildman–Crippen LogP) is 4.98. The van der Waals surface area contributed by atoms with E-state index in [1.807, 2.05) is 0 Å². The molecule has 0 saturated heterocycles. The van der Waals surface area contributed by atoms with E-state index in [9.17, 15) is 0 Å². The van der Waals surface area contributed by atoms with E-state index in [0.717, 1.165) is 17.7 Å². The molecule has 1 aromatic carbocycles. The molecule has 104 valence electrons. The van der Waals surface area contributed by atoms with E-state index in [4.69, 9.17) is 4.18 Å². The quantitative estimate of drug-likeness (QED) is 0.708. The lowest BCUT2D eigenvalue weighted by molar-refractivity contribution is 0.528. The number of hydrogen-bond donors (Lipinski definition) is 0. The van der Waals surface area contributed by atoms with Gasteiger partial charge in [0.1, 0.15) is 5.76 Å². The van der Waals surface area contributed by atoms with Crippen LogP contribution in [0, 0.1) is 0 Å². The maximum atomic E-state index is 5.93. The fraction of sp³-hybridized carbons (Fsp3) is 0.412. The van der Waals surface area contributed by atoms with Crippen molar-refractivity contribution in [2.24, 2.45) is 0 Å². The zero-order chi connectivity index (χ0) is 14.3. The third-order valence-corrected chi connectivity index (χ3v) is 4.08. The van der Waals surface area contributed by atoms with Crippen LogP contribution >= 0.6 is 10.3 Å². The van der Waals surface area contributed by atoms with Crippen molar-refractivity contribution in [3.05, 3.63) is 47.5 Å². The summed E-state index contributed by atoms with van der Waals surface area (Å²) in [5.74, 6) is 0.780. The fourth-order valence-electron chi connectivity index (χ4n) is 2.43. The topological polar surface area (TPSA) is 9.23 Å². The maximum Gasteiger partial charge on any atom is 0.134 e. The van der Waals surface area contributed by atoms with Crippen LogP contribution in [0.4, 0.5) is 0 Å². The molecular weight excluding hydrogens is 252 g/mol. The minimum atomic E-state index is -1.03. The molecule has 0 aliphatic heterocycles. The van der Waals surface area contributed by atoms with Gasteiger partial charge in [-0.25, -0.2) is 0 Å². The van der Waals surface area contributed by atoms with Crippen LogP contribution in [0.5, 0.6) is 0 Å². The Bertz CT molecular complexity index is 533. The molecule has 1 aliphatic rings. The van der Waals surface area contributed by atoms with Crippen LogP contribution in [0.1, 0.15) is 37.0 Å². The highest BCUT2D eigenvalue weighted by molar-refractivity contribution is 8.28. The highest BCUT2D eigenvalue weighted by Gasteiger charge is 2.24. The first-order valence-electron chi connectivity index (χ1n) is 6.57. The van der Waals surface area contributed by atoms with Gasteiger partial charge in [-0.1, -0.05) is 44.7 Å². The Hall–Kier alpha value is -1.15. The number of rotatable bonds is 3. The average molecular weight is 276 g/mol. The van der Waals surface area contributed by atoms with Crippen molar-refractivity contribution >= 4 is 22.1 Å². The average Bonchev–Trinajstić information content (AvgIpc) is 2.25. The number of allylic oxidation sites excluding steroid dienone is 1. The van der Waals surface area contributed by atoms with Gasteiger partial charge in [-0.05, 0) is 47.8 Å². The molecule has 0 bridgehead atoms. The smallest absolute Gasteiger partial charge is 0.134 e. The Balaban J connectivity index is 2.33. The van der Waals surface area contributed by atoms with Crippen molar-refractivity contribution in [3.8, 4) is 0 Å². The second kappa shape index (κ2) is 4.75. The SMILES string of the molecule is C=C(OS(C)(C)C)c1ccc2c(c1)C=CCC2(C)C. The first-order valence-corrected chi connectivity index (χ1v) is 9.35. The number of benzene rings is 1. The highest BCUT2D eigenvalue weighted by atomic mass is 32.3. The van der Waals surface area contributed by atoms with Gasteiger partial charge in [-0.3, -0.25) is 0 Å². The lowest BCUT2D eigenvalue weighted by atomic mass is 9.75. The molecule has 1 aromatic rings. The van der Waals surface area contributed by atoms with E-state index in [-0.39, 0.29) is 5.41 Å². The van der Waals surface area contributed by atoms with Gasteiger partial charge in [-0.2, -0.15) is 0 Å². The Labute approximate surface area is 118 Å². The zero-order valence-corrected chi connectivity index (χ0v) is 13.4. The molecule has 0 unspecified atom stereocenters. The van der Waals surface area contributed by atoms with Crippen LogP contribution in [0.2, 0.25) is 0 Å². The monoisotopic (exact) mass is 276 g/mol. The summed E-state index contributed by atoms with van der Waals surface area (Å²) in [6.45, 7) is 8.65. The molecule has 0 saturated carbocycles. The molecule has 1 nitrogen and oxygen atoms in total. The van der Waals surface area contributed by atoms with Crippen LogP contribution in [0.15, 0.2) is 30.9 Å². The standard InChI is InChI=1S/C17H24OS/c1-13(18-19(4,5)6)14-9-10-16-15(12-14)8-7-11-17(16,2)3/h7-10,12H,1,11H2,2-6H3. The molecule has 0 radical (unpaired) electrons. The first-order chi connectivity index (χ1) is 8.69. The lowest BCUT2D eigenvalue weighted by Crippen LogP contribution is -2.19. The van der Waals surface area contributed by atoms with E-state index in [2.05, 4.69) is 69.5 Å². The predicted molar refractivity (Wildman–Crippen MR) is 88.6 cm³/mol. The molecule has 0 aromatic heterocycles. The Kier molecular flexibility index (Phi) is 3.57. The van der Waals surface area contributed by atoms with E-state index < -0.39 is 10.3 Å². The maximum absolute atomic E-state index is 5.93. The van der Waals surface area contributed by atoms with Crippen molar-refractivity contribution in [2.75, 3.05) is 18.8 Å². The van der Waals surface area contributed by atoms with Crippen molar-refractivity contribution < 1.29 is 4.18 Å². The van der Waals surface area contributed by atoms with Gasteiger partial charge >= 0.3 is 0 Å². The van der Waals surface area contributed by atoms with Crippen LogP contribution in [0.3, 0.4) is 0 Å². The Morgan fingerprint density at radius 3 is 2.58 bits per heavy atom. The molecule has 0 fully saturated rings. The first kappa shape index (κ1) is 14.3. The minimum absolute atomic E-state index is 0.222. The van der Waals surface area contributed by atoms with Crippen molar-refractivity contribution in [1.29, 1.82) is 0 Å². The molecule has 0 heterocycles. The molecule has 0 atom stereocenters. The number of hydrogen-bond acceptors (Lipinski definition) is 1. The normalized spacial score (nSPS) is 17.7. The van der Waals surface area contributed by atoms with Crippen molar-refractivity contribution in [3.63, 3.8) is 0 Å². The third-order valence-electron chi connectivity index (χ3n) is 3.38. The van der Waals surface area contributed by atoms with E-state index in [1.165, 1.54) is 11.1 Å². The summed E-state index contributed by atoms with van der Waals surface area (Å²) < 4.78 is 5.93. The summed E-state index contributed by atoms with van der Waals surface area (Å²) in [5.41, 5.74) is 4.01. The molecule has 1 aliphatic carbocycles. The second-order valence-corrected chi connectivity index (χ2v) is 10.1. The Morgan fingerprint density at radius 2 is 1.95 bits per heavy atom. The van der Waals surface area contributed by atoms with Gasteiger partial charge < -0.3 is 4.18 Å². The summed E-state index contributed by atoms with van der Waals surface area (Å²) >= 11 is 0. The molecule has 0 spiro atoms. The summed E-state index contributed by atoms with van der Waals surface area (Å²) in [6, 6.07) is 6.55. The highest BCUT2D eigenvalue weighted by Crippen LogP contribution is 2.42. The summed E-state index contributed by atoms with van der Waals surface area (Å²) in [7, 11) is -1.03. The minimum Gasteiger partial charge on any atom is -0.450 e. The fourth-order valence-corrected chi connectivity index (χ4v) is 3.13. The summed E-state index contributed by atoms with van der Waals surface area (Å²) in [5, 5.41) is 0. The van der Waals surface area contributed by atoms with Crippen molar-refractivity contribution in [1.82, 2.24) is 0 Å². The van der Waals surface area contributed by atoms with Crippen LogP contribution in [-0.4, -0.2) is 18.8 Å². The van der Waals surface area contributed by atoms with Crippen molar-refractivity contribution in [2.45, 2.75) is 25.7 Å². The van der Waals surface area contributed by atoms with Gasteiger partial charge in [0, 0.05) is 5.56 Å². The van der Waals surface area contributed by atoms with Gasteiger partial charge in [0.05, 0.1) is 0 Å². The molecule has 19 heavy (non-hydrogen) atoms. The number of fused-ring (bicyclic) bond motifs is 1. The second-order valence-electron chi connectivity index (χ2n) is 6.52. The lowest BCUT2D eigenvalue weighted by Gasteiger charge is -2.31. The van der Waals surface area contributed by atoms with Gasteiger partial charge in [0.2, 0.25) is 0 Å². The molecule has 2 heteroatoms. The van der Waals surface area contributed by atoms with Gasteiger partial charge in [0.15, 0.2) is 0 Å². The van der Waals surface area contributed by atoms with Crippen LogP contribution in [-0.2, 0) is 9.60 Å². The summed E-state index contributed by atoms with van der Waals surface area (Å²) in [6.07, 6.45) is 11.9. The van der Waals surface area contributed by atoms with Crippen LogP contribution < -0.4 is 0 Å². The molecule has 0 amide bonds. The zero-order valence-electron chi connectivity index (χ0n) is 12.6. The molecule has 0 N–H and O–H groups in total. The molecule has 2 rings (SSSR count). The van der Waals surface area contributed by atoms with Gasteiger partial charge in [0.25, 0.3) is 0 Å². The van der Waals surface area contributed by atoms with Crippen LogP contribution in [0.25, 0.3) is 11.8 Å². The Morgan fingerprint density at radius 1 is 1.26 bits per heavy atom. The van der Waals surface area contributed by atoms with E-state index in [0.29, 0.717) is 0 Å².